The number of methoxy groups -OCH3 is 2. The van der Waals surface area contributed by atoms with E-state index in [1.54, 1.807) is 57.2 Å². The van der Waals surface area contributed by atoms with Crippen molar-refractivity contribution in [3.05, 3.63) is 94.0 Å². The number of carbonyl (C=O) groups is 7. The van der Waals surface area contributed by atoms with Crippen molar-refractivity contribution >= 4 is 110 Å². The summed E-state index contributed by atoms with van der Waals surface area (Å²) in [5.74, 6) is -4.02. The van der Waals surface area contributed by atoms with E-state index in [1.165, 1.54) is 61.4 Å². The lowest BCUT2D eigenvalue weighted by atomic mass is 9.81. The summed E-state index contributed by atoms with van der Waals surface area (Å²) in [6, 6.07) is 4.96. The first kappa shape index (κ1) is 66.7. The van der Waals surface area contributed by atoms with Crippen molar-refractivity contribution < 1.29 is 62.7 Å². The quantitative estimate of drug-likeness (QED) is 0.0433. The summed E-state index contributed by atoms with van der Waals surface area (Å²) in [6.45, 7) is 11.5. The van der Waals surface area contributed by atoms with Crippen molar-refractivity contribution in [2.45, 2.75) is 115 Å². The van der Waals surface area contributed by atoms with E-state index in [9.17, 15) is 43.8 Å². The molecule has 3 aliphatic rings. The molecule has 1 saturated heterocycles. The van der Waals surface area contributed by atoms with E-state index in [0.717, 1.165) is 11.1 Å². The first-order valence-electron chi connectivity index (χ1n) is 26.8. The number of nitrogens with zero attached hydrogens (tertiary/aromatic N) is 2. The number of amides is 8. The van der Waals surface area contributed by atoms with Gasteiger partial charge in [0.2, 0.25) is 17.7 Å². The average molecular weight is 1260 g/mol. The summed E-state index contributed by atoms with van der Waals surface area (Å²) >= 11 is 15.8. The van der Waals surface area contributed by atoms with E-state index in [-0.39, 0.29) is 63.5 Å². The zero-order valence-corrected chi connectivity index (χ0v) is 50.5. The number of nitrogens with one attached hydrogen (secondary N) is 8. The van der Waals surface area contributed by atoms with E-state index < -0.39 is 102 Å². The Morgan fingerprint density at radius 3 is 2.42 bits per heavy atom. The molecular weight excluding hydrogens is 1180 g/mol. The molecule has 27 heteroatoms. The van der Waals surface area contributed by atoms with Gasteiger partial charge in [0.05, 0.1) is 31.0 Å². The number of primary amides is 1. The number of fused-ring (bicyclic) bond motifs is 4. The third kappa shape index (κ3) is 18.7. The van der Waals surface area contributed by atoms with Crippen molar-refractivity contribution in [1.82, 2.24) is 31.5 Å². The molecule has 24 nitrogen and oxygen atoms in total. The highest BCUT2D eigenvalue weighted by Crippen LogP contribution is 2.38. The number of hydrogen-bond acceptors (Lipinski definition) is 15. The monoisotopic (exact) mass is 1260 g/mol. The van der Waals surface area contributed by atoms with Crippen LogP contribution in [0.25, 0.3) is 0 Å². The number of aliphatic hydroxyl groups excluding tert-OH is 1. The largest absolute Gasteiger partial charge is 0.495 e. The number of thiocarbonyl (C=S) groups is 1. The van der Waals surface area contributed by atoms with Crippen molar-refractivity contribution in [3.8, 4) is 5.75 Å². The fourth-order valence-corrected chi connectivity index (χ4v) is 10.5. The van der Waals surface area contributed by atoms with Crippen LogP contribution < -0.4 is 52.6 Å². The van der Waals surface area contributed by atoms with Gasteiger partial charge in [-0.1, -0.05) is 62.2 Å². The molecule has 83 heavy (non-hydrogen) atoms. The van der Waals surface area contributed by atoms with Gasteiger partial charge in [-0.3, -0.25) is 40.1 Å². The first-order valence-corrected chi connectivity index (χ1v) is 28.4. The number of ether oxygens (including phenoxy) is 4. The normalized spacial score (nSPS) is 24.1. The molecule has 0 saturated carbocycles. The summed E-state index contributed by atoms with van der Waals surface area (Å²) in [6.07, 6.45) is 3.69. The average Bonchev–Trinajstić information content (AvgIpc) is 3.91. The van der Waals surface area contributed by atoms with Gasteiger partial charge in [-0.2, -0.15) is 0 Å². The minimum absolute atomic E-state index is 0.0543. The van der Waals surface area contributed by atoms with Crippen molar-refractivity contribution in [2.75, 3.05) is 56.4 Å². The third-order valence-corrected chi connectivity index (χ3v) is 15.8. The zero-order chi connectivity index (χ0) is 61.3. The molecule has 12 N–H and O–H groups in total. The maximum Gasteiger partial charge on any atom is 0.411 e. The second-order valence-corrected chi connectivity index (χ2v) is 22.2. The Bertz CT molecular complexity index is 2840. The number of aliphatic hydroxyl groups is 2. The predicted octanol–water partition coefficient (Wildman–Crippen LogP) is 5.66. The Hall–Kier alpha value is -7.10. The number of hydrogen-bond donors (Lipinski definition) is 11. The smallest absolute Gasteiger partial charge is 0.411 e. The third-order valence-electron chi connectivity index (χ3n) is 14.5. The maximum absolute atomic E-state index is 14.4. The maximum atomic E-state index is 14.4. The van der Waals surface area contributed by atoms with Crippen LogP contribution in [0.3, 0.4) is 0 Å². The van der Waals surface area contributed by atoms with Crippen LogP contribution in [0.1, 0.15) is 71.8 Å². The molecule has 0 spiro atoms. The van der Waals surface area contributed by atoms with Gasteiger partial charge in [-0.15, -0.1) is 6.58 Å². The number of urea groups is 1. The fourth-order valence-electron chi connectivity index (χ4n) is 9.48. The molecule has 2 aromatic rings. The van der Waals surface area contributed by atoms with Gasteiger partial charge in [0, 0.05) is 74.2 Å². The number of carbonyl (C=O) groups excluding carboxylic acids is 7. The van der Waals surface area contributed by atoms with Crippen LogP contribution in [0.5, 0.6) is 5.75 Å². The molecule has 0 aliphatic carbocycles. The molecule has 452 valence electrons. The number of alkyl carbamates (subject to hydrolysis) is 1. The summed E-state index contributed by atoms with van der Waals surface area (Å²) in [5, 5.41) is 51.2. The van der Waals surface area contributed by atoms with Gasteiger partial charge in [-0.25, -0.2) is 14.4 Å². The molecule has 0 radical (unpaired) electrons. The molecule has 3 aliphatic heterocycles. The van der Waals surface area contributed by atoms with Gasteiger partial charge >= 0.3 is 18.2 Å². The SMILES string of the molecule is C=CC(C)[C@H](NC(=S)NCCCCN1C(=N)C=CC1=O)C(=O)N[C@@H](CCCNC(N)=O)C(=O)Nc1ccc(NC(=O)O[C@H]2CC(=O)N(C)c3cc(cc(OC)c3Cl)C/C(C)=C/C=C/[C@@H](OC)[C@@]3(O)C[C@H](OC(=O)N3)[C@@H](C)[C@H](O)[C@@H]2C)cc1Br. The fraction of sp³-hybridized carbons (Fsp3) is 0.482. The van der Waals surface area contributed by atoms with Crippen LogP contribution in [-0.2, 0) is 39.8 Å². The topological polar surface area (TPSA) is 337 Å². The Balaban J connectivity index is 1.33. The lowest BCUT2D eigenvalue weighted by molar-refractivity contribution is -0.152. The molecule has 3 heterocycles. The zero-order valence-electron chi connectivity index (χ0n) is 47.3. The molecule has 1 unspecified atom stereocenters. The van der Waals surface area contributed by atoms with Crippen molar-refractivity contribution in [3.63, 3.8) is 0 Å². The Morgan fingerprint density at radius 2 is 1.77 bits per heavy atom. The van der Waals surface area contributed by atoms with Gasteiger partial charge in [0.25, 0.3) is 5.91 Å². The van der Waals surface area contributed by atoms with Crippen LogP contribution in [0.2, 0.25) is 5.02 Å². The van der Waals surface area contributed by atoms with Crippen LogP contribution in [0.15, 0.2) is 83.4 Å². The van der Waals surface area contributed by atoms with Crippen LogP contribution >= 0.6 is 39.7 Å². The van der Waals surface area contributed by atoms with Gasteiger partial charge in [0.15, 0.2) is 10.8 Å². The number of amidine groups is 1. The number of nitrogens with two attached hydrogens (primary N) is 1. The Morgan fingerprint density at radius 1 is 1.05 bits per heavy atom. The van der Waals surface area contributed by atoms with Gasteiger partial charge < -0.3 is 66.4 Å². The van der Waals surface area contributed by atoms with E-state index in [0.29, 0.717) is 43.8 Å². The van der Waals surface area contributed by atoms with E-state index in [1.807, 2.05) is 6.92 Å². The number of unbranched alkanes of at least 4 members (excludes halogenated alkanes) is 1. The van der Waals surface area contributed by atoms with Crippen molar-refractivity contribution in [1.29, 1.82) is 5.41 Å². The first-order chi connectivity index (χ1) is 39.3. The van der Waals surface area contributed by atoms with Crippen LogP contribution in [0, 0.1) is 23.2 Å². The number of benzene rings is 2. The molecule has 1 fully saturated rings. The van der Waals surface area contributed by atoms with Gasteiger partial charge in [0.1, 0.15) is 47.0 Å². The van der Waals surface area contributed by atoms with Crippen LogP contribution in [0.4, 0.5) is 31.4 Å². The molecule has 8 amide bonds. The second kappa shape index (κ2) is 31.0. The van der Waals surface area contributed by atoms with Gasteiger partial charge in [-0.05, 0) is 109 Å². The minimum atomic E-state index is -1.97. The summed E-state index contributed by atoms with van der Waals surface area (Å²) in [5.41, 5.74) is 5.59. The molecule has 5 rings (SSSR count). The highest BCUT2D eigenvalue weighted by molar-refractivity contribution is 9.10. The lowest BCUT2D eigenvalue weighted by Crippen LogP contribution is -2.64. The highest BCUT2D eigenvalue weighted by atomic mass is 79.9. The number of allylic oxidation sites excluding steroid dienone is 3. The van der Waals surface area contributed by atoms with Crippen molar-refractivity contribution in [2.24, 2.45) is 23.5 Å². The van der Waals surface area contributed by atoms with E-state index >= 15 is 0 Å². The summed E-state index contributed by atoms with van der Waals surface area (Å²) in [7, 11) is 4.32. The lowest BCUT2D eigenvalue weighted by Gasteiger charge is -2.43. The summed E-state index contributed by atoms with van der Waals surface area (Å²) in [4.78, 5) is 95.4. The minimum Gasteiger partial charge on any atom is -0.495 e. The highest BCUT2D eigenvalue weighted by Gasteiger charge is 2.48. The Labute approximate surface area is 501 Å². The van der Waals surface area contributed by atoms with E-state index in [2.05, 4.69) is 59.7 Å². The number of rotatable bonds is 20. The summed E-state index contributed by atoms with van der Waals surface area (Å²) < 4.78 is 23.1. The number of halogens is 2. The predicted molar refractivity (Wildman–Crippen MR) is 321 cm³/mol. The number of anilines is 3. The molecule has 0 aromatic heterocycles. The van der Waals surface area contributed by atoms with Crippen LogP contribution in [-0.4, -0.2) is 151 Å². The Kier molecular flexibility index (Phi) is 24.9. The molecular formula is C56H75BrClN11O13S. The second-order valence-electron chi connectivity index (χ2n) is 20.6. The molecule has 10 atom stereocenters. The standard InChI is InChI=1S/C56H75BrClN11O13S/c1-9-31(3)48(66-53(83)62-21-10-11-23-69-44(59)19-20-45(69)70)51(74)65-38(15-13-22-61-52(60)75)50(73)64-37-18-17-35(27-36(37)57)63-54(76)81-40-28-46(71)68(6)39-25-34(26-41(79-7)47(39)58)24-30(2)14-12-16-43(80-8)56(78)29-42(82-55(77)67-56)33(5)49(72)32(40)4/h9,12,14,16-20,25-27,31-33,38,40,42-43,48-49,59,72,78H,1,10-11,13,15,21-24,28-29H2,2-8H3,(H,63,76)(H,64,73)(H,65,74)(H,67,77)(H3,60,61,75)(H2,62,66,83)/b16-12+,30-14+,59-44?/t31?,32-,33-,38+,40+,42+,43-,48+,49-,56+/m1/s1. The van der Waals surface area contributed by atoms with E-state index in [4.69, 9.17) is 53.9 Å². The molecule has 4 bridgehead atoms. The molecule has 2 aromatic carbocycles.